The molecule has 1 aromatic carbocycles. The summed E-state index contributed by atoms with van der Waals surface area (Å²) in [7, 11) is 0. The lowest BCUT2D eigenvalue weighted by Crippen LogP contribution is -2.66. The van der Waals surface area contributed by atoms with Crippen molar-refractivity contribution in [3.05, 3.63) is 47.2 Å². The van der Waals surface area contributed by atoms with Gasteiger partial charge >= 0.3 is 5.97 Å². The van der Waals surface area contributed by atoms with Gasteiger partial charge in [-0.3, -0.25) is 14.9 Å². The number of hydrogen-bond acceptors (Lipinski definition) is 5. The molecule has 2 heterocycles. The third-order valence-electron chi connectivity index (χ3n) is 5.20. The molecule has 2 amide bonds. The molecule has 0 spiro atoms. The molecule has 24 heavy (non-hydrogen) atoms. The molecule has 4 rings (SSSR count). The molecule has 0 bridgehead atoms. The molecule has 1 saturated carbocycles. The Hall–Kier alpha value is -2.63. The van der Waals surface area contributed by atoms with E-state index >= 15 is 0 Å². The number of benzene rings is 1. The Balaban J connectivity index is 1.58. The minimum absolute atomic E-state index is 0.291. The summed E-state index contributed by atoms with van der Waals surface area (Å²) in [5.74, 6) is -2.41. The molecule has 1 aliphatic carbocycles. The summed E-state index contributed by atoms with van der Waals surface area (Å²) in [4.78, 5) is 35.9. The highest BCUT2D eigenvalue weighted by Crippen LogP contribution is 2.58. The monoisotopic (exact) mass is 327 g/mol. The van der Waals surface area contributed by atoms with Gasteiger partial charge in [-0.15, -0.1) is 0 Å². The molecule has 0 unspecified atom stereocenters. The molecule has 0 radical (unpaired) electrons. The maximum Gasteiger partial charge on any atom is 0.334 e. The number of fused-ring (bicyclic) bond motifs is 4. The molecule has 2 aliphatic heterocycles. The normalized spacial score (nSPS) is 33.7. The van der Waals surface area contributed by atoms with Gasteiger partial charge in [-0.1, -0.05) is 29.8 Å². The topological polar surface area (TPSA) is 81.7 Å². The second-order valence-electron chi connectivity index (χ2n) is 6.76. The van der Waals surface area contributed by atoms with Gasteiger partial charge in [-0.2, -0.15) is 0 Å². The lowest BCUT2D eigenvalue weighted by Gasteiger charge is -2.54. The van der Waals surface area contributed by atoms with E-state index in [1.54, 1.807) is 6.92 Å². The van der Waals surface area contributed by atoms with Crippen LogP contribution in [0.15, 0.2) is 36.1 Å². The summed E-state index contributed by atoms with van der Waals surface area (Å²) in [5.41, 5.74) is 1.09. The van der Waals surface area contributed by atoms with E-state index in [4.69, 9.17) is 9.47 Å². The number of aryl methyl sites for hydroxylation is 1. The molecular weight excluding hydrogens is 310 g/mol. The van der Waals surface area contributed by atoms with Crippen LogP contribution in [0.4, 0.5) is 0 Å². The Bertz CT molecular complexity index is 781. The SMILES string of the molecule is Cc1ccc(COC2=CC(=O)O[C@]3(C)[C@@H]4C(=O)NC(=O)[C@@H]4[C@H]23)cc1. The van der Waals surface area contributed by atoms with Gasteiger partial charge in [0.05, 0.1) is 23.8 Å². The first-order valence-electron chi connectivity index (χ1n) is 7.88. The molecular formula is C18H17NO5. The highest BCUT2D eigenvalue weighted by atomic mass is 16.6. The molecule has 6 heteroatoms. The van der Waals surface area contributed by atoms with Crippen molar-refractivity contribution in [2.45, 2.75) is 26.1 Å². The van der Waals surface area contributed by atoms with E-state index in [9.17, 15) is 14.4 Å². The van der Waals surface area contributed by atoms with Gasteiger partial charge in [0, 0.05) is 0 Å². The van der Waals surface area contributed by atoms with Crippen molar-refractivity contribution in [3.8, 4) is 0 Å². The maximum atomic E-state index is 12.0. The van der Waals surface area contributed by atoms with Crippen molar-refractivity contribution >= 4 is 17.8 Å². The van der Waals surface area contributed by atoms with E-state index < -0.39 is 29.3 Å². The van der Waals surface area contributed by atoms with Gasteiger partial charge in [0.25, 0.3) is 0 Å². The summed E-state index contributed by atoms with van der Waals surface area (Å²) in [6.45, 7) is 3.98. The van der Waals surface area contributed by atoms with Gasteiger partial charge in [0.2, 0.25) is 11.8 Å². The van der Waals surface area contributed by atoms with Crippen LogP contribution < -0.4 is 5.32 Å². The smallest absolute Gasteiger partial charge is 0.334 e. The summed E-state index contributed by atoms with van der Waals surface area (Å²) < 4.78 is 11.2. The zero-order valence-electron chi connectivity index (χ0n) is 13.4. The number of esters is 1. The van der Waals surface area contributed by atoms with Crippen molar-refractivity contribution in [1.82, 2.24) is 5.32 Å². The minimum atomic E-state index is -1.02. The van der Waals surface area contributed by atoms with E-state index in [1.165, 1.54) is 6.08 Å². The van der Waals surface area contributed by atoms with Gasteiger partial charge in [-0.05, 0) is 19.4 Å². The lowest BCUT2D eigenvalue weighted by atomic mass is 9.53. The Labute approximate surface area is 138 Å². The summed E-state index contributed by atoms with van der Waals surface area (Å²) in [6, 6.07) is 7.86. The zero-order valence-corrected chi connectivity index (χ0v) is 13.4. The predicted octanol–water partition coefficient (Wildman–Crippen LogP) is 1.23. The fourth-order valence-electron chi connectivity index (χ4n) is 4.01. The summed E-state index contributed by atoms with van der Waals surface area (Å²) >= 11 is 0. The number of imide groups is 1. The number of ether oxygens (including phenoxy) is 2. The van der Waals surface area contributed by atoms with Crippen molar-refractivity contribution in [2.75, 3.05) is 0 Å². The van der Waals surface area contributed by atoms with Crippen molar-refractivity contribution in [2.24, 2.45) is 17.8 Å². The number of rotatable bonds is 3. The van der Waals surface area contributed by atoms with Gasteiger partial charge in [-0.25, -0.2) is 4.79 Å². The van der Waals surface area contributed by atoms with E-state index in [0.717, 1.165) is 11.1 Å². The first kappa shape index (κ1) is 14.9. The fourth-order valence-corrected chi connectivity index (χ4v) is 4.01. The van der Waals surface area contributed by atoms with Crippen LogP contribution in [0.2, 0.25) is 0 Å². The Morgan fingerprint density at radius 2 is 1.83 bits per heavy atom. The molecule has 2 fully saturated rings. The fraction of sp³-hybridized carbons (Fsp3) is 0.389. The minimum Gasteiger partial charge on any atom is -0.492 e. The van der Waals surface area contributed by atoms with Crippen molar-refractivity contribution in [1.29, 1.82) is 0 Å². The molecule has 1 saturated heterocycles. The van der Waals surface area contributed by atoms with Crippen LogP contribution in [0.25, 0.3) is 0 Å². The third-order valence-corrected chi connectivity index (χ3v) is 5.20. The second-order valence-corrected chi connectivity index (χ2v) is 6.76. The number of carbonyl (C=O) groups is 3. The highest BCUT2D eigenvalue weighted by Gasteiger charge is 2.73. The Morgan fingerprint density at radius 1 is 1.12 bits per heavy atom. The molecule has 3 aliphatic rings. The van der Waals surface area contributed by atoms with Crippen molar-refractivity contribution in [3.63, 3.8) is 0 Å². The molecule has 0 aromatic heterocycles. The van der Waals surface area contributed by atoms with Gasteiger partial charge in [0.1, 0.15) is 18.0 Å². The molecule has 1 aromatic rings. The van der Waals surface area contributed by atoms with Crippen LogP contribution in [0, 0.1) is 24.7 Å². The van der Waals surface area contributed by atoms with Crippen LogP contribution >= 0.6 is 0 Å². The predicted molar refractivity (Wildman–Crippen MR) is 82.2 cm³/mol. The molecule has 4 atom stereocenters. The van der Waals surface area contributed by atoms with Crippen LogP contribution in [0.1, 0.15) is 18.1 Å². The molecule has 1 N–H and O–H groups in total. The average molecular weight is 327 g/mol. The van der Waals surface area contributed by atoms with E-state index in [1.807, 2.05) is 31.2 Å². The number of hydrogen-bond donors (Lipinski definition) is 1. The van der Waals surface area contributed by atoms with Gasteiger partial charge < -0.3 is 9.47 Å². The lowest BCUT2D eigenvalue weighted by molar-refractivity contribution is -0.212. The number of amides is 2. The van der Waals surface area contributed by atoms with Crippen LogP contribution in [-0.2, 0) is 30.5 Å². The number of nitrogens with one attached hydrogen (secondary N) is 1. The first-order chi connectivity index (χ1) is 11.4. The van der Waals surface area contributed by atoms with E-state index in [2.05, 4.69) is 5.32 Å². The number of carbonyl (C=O) groups excluding carboxylic acids is 3. The third kappa shape index (κ3) is 1.99. The molecule has 6 nitrogen and oxygen atoms in total. The highest BCUT2D eigenvalue weighted by molar-refractivity contribution is 6.08. The van der Waals surface area contributed by atoms with E-state index in [-0.39, 0.29) is 11.8 Å². The molecule has 124 valence electrons. The van der Waals surface area contributed by atoms with Crippen LogP contribution in [0.3, 0.4) is 0 Å². The van der Waals surface area contributed by atoms with Gasteiger partial charge in [0.15, 0.2) is 0 Å². The summed E-state index contributed by atoms with van der Waals surface area (Å²) in [6.07, 6.45) is 1.28. The van der Waals surface area contributed by atoms with Crippen LogP contribution in [-0.4, -0.2) is 23.4 Å². The zero-order chi connectivity index (χ0) is 17.1. The Kier molecular flexibility index (Phi) is 3.07. The van der Waals surface area contributed by atoms with Crippen molar-refractivity contribution < 1.29 is 23.9 Å². The van der Waals surface area contributed by atoms with E-state index in [0.29, 0.717) is 12.4 Å². The maximum absolute atomic E-state index is 12.0. The first-order valence-corrected chi connectivity index (χ1v) is 7.88. The Morgan fingerprint density at radius 3 is 2.54 bits per heavy atom. The standard InChI is InChI=1S/C18H17NO5/c1-9-3-5-10(6-4-9)8-23-11-7-12(20)24-18(2)14(11)13-15(18)17(22)19-16(13)21/h3-7,13-15H,8H2,1-2H3,(H,19,21,22)/t13-,14+,15+,18+/m1/s1. The summed E-state index contributed by atoms with van der Waals surface area (Å²) in [5, 5.41) is 2.32. The largest absolute Gasteiger partial charge is 0.492 e. The average Bonchev–Trinajstić information content (AvgIpc) is 2.77. The quantitative estimate of drug-likeness (QED) is 0.667. The van der Waals surface area contributed by atoms with Crippen LogP contribution in [0.5, 0.6) is 0 Å². The second kappa shape index (κ2) is 4.93.